The van der Waals surface area contributed by atoms with E-state index in [-0.39, 0.29) is 0 Å². The van der Waals surface area contributed by atoms with Crippen LogP contribution in [0, 0.1) is 0 Å². The van der Waals surface area contributed by atoms with E-state index in [1.807, 2.05) is 48.7 Å². The van der Waals surface area contributed by atoms with Crippen LogP contribution in [0.1, 0.15) is 0 Å². The standard InChI is InChI=1S/2C35H21N3O.C34H20N4O/c1-2-10-22(11-3-1)37-28-15-7-4-12-23(28)25-18-20-30-33(34(25)37)27-14-5-8-16-29(27)38(30)32-21-19-26-24-13-6-9-17-31(24)39-35(26)36-32;1-2-10-22(11-3-1)37-29-15-7-4-12-24(29)28-21-36-35-33(34(28)37)27-14-5-8-16-30(27)38(35)23-18-19-26-25-13-6-9-17-31(25)39-32(26)20-23;1-2-9-21(10-3-1)37-28-15-7-5-12-26(28)31-29(37)18-16-23-22-11-4-6-14-27(22)38(32(23)31)30-19-17-25-24-13-8-20-35-33(24)39-34(25)36-30/h2*1-21H;1-20H. The second-order valence-electron chi connectivity index (χ2n) is 29.9. The third kappa shape index (κ3) is 9.53. The fourth-order valence-corrected chi connectivity index (χ4v) is 18.8. The Hall–Kier alpha value is -16.1. The molecule has 14 aromatic carbocycles. The smallest absolute Gasteiger partial charge is 0.231 e. The molecule has 13 nitrogen and oxygen atoms in total. The maximum Gasteiger partial charge on any atom is 0.231 e. The van der Waals surface area contributed by atoms with Crippen LogP contribution in [0.3, 0.4) is 0 Å². The van der Waals surface area contributed by atoms with Crippen molar-refractivity contribution in [1.29, 1.82) is 0 Å². The van der Waals surface area contributed by atoms with E-state index in [9.17, 15) is 0 Å². The third-order valence-electron chi connectivity index (χ3n) is 23.7. The average molecular weight is 1500 g/mol. The van der Waals surface area contributed by atoms with Gasteiger partial charge in [0.05, 0.1) is 77.1 Å². The maximum atomic E-state index is 6.26. The highest BCUT2D eigenvalue weighted by Crippen LogP contribution is 2.47. The summed E-state index contributed by atoms with van der Waals surface area (Å²) in [6.45, 7) is 0. The number of benzene rings is 14. The van der Waals surface area contributed by atoms with Crippen LogP contribution in [0.5, 0.6) is 0 Å². The summed E-state index contributed by atoms with van der Waals surface area (Å²) < 4.78 is 32.5. The van der Waals surface area contributed by atoms with E-state index in [4.69, 9.17) is 28.2 Å². The fourth-order valence-electron chi connectivity index (χ4n) is 18.8. The molecule has 0 bridgehead atoms. The first-order chi connectivity index (χ1) is 58.1. The SMILES string of the molecule is c1ccc(-n2c3ccccc3c3c2ccc2c4ccccc4n(-c4ccc5c(n4)oc4ncccc45)c23)cc1.c1ccc(-n2c3ccccc3c3ccc4c(c5ccccc5n4-c4ccc5c(n4)oc4ccccc45)c32)cc1.c1ccc(-n2c3ccccc3c3cnc4c(c5ccccc5n4-c4ccc5c(c4)oc4ccccc45)c32)cc1. The molecule has 27 rings (SSSR count). The maximum absolute atomic E-state index is 6.26. The molecule has 0 saturated heterocycles. The number of furan rings is 3. The van der Waals surface area contributed by atoms with Crippen LogP contribution < -0.4 is 0 Å². The number of pyridine rings is 4. The van der Waals surface area contributed by atoms with Gasteiger partial charge in [-0.3, -0.25) is 13.7 Å². The van der Waals surface area contributed by atoms with Gasteiger partial charge in [0.15, 0.2) is 0 Å². The van der Waals surface area contributed by atoms with E-state index in [0.29, 0.717) is 17.1 Å². The Balaban J connectivity index is 0.0000000980. The van der Waals surface area contributed by atoms with Gasteiger partial charge in [0.2, 0.25) is 17.1 Å². The minimum atomic E-state index is 0.589. The average Bonchev–Trinajstić information content (AvgIpc) is 1.55. The monoisotopic (exact) mass is 1500 g/mol. The summed E-state index contributed by atoms with van der Waals surface area (Å²) in [4.78, 5) is 19.6. The zero-order valence-corrected chi connectivity index (χ0v) is 62.5. The molecule has 0 saturated carbocycles. The lowest BCUT2D eigenvalue weighted by molar-refractivity contribution is 0.639. The number of rotatable bonds is 6. The summed E-state index contributed by atoms with van der Waals surface area (Å²) in [5, 5.41) is 20.7. The molecule has 0 aliphatic rings. The van der Waals surface area contributed by atoms with Crippen molar-refractivity contribution in [2.45, 2.75) is 0 Å². The van der Waals surface area contributed by atoms with E-state index in [0.717, 1.165) is 133 Å². The van der Waals surface area contributed by atoms with Crippen LogP contribution in [0.2, 0.25) is 0 Å². The number of fused-ring (bicyclic) bond motifs is 30. The van der Waals surface area contributed by atoms with Crippen molar-refractivity contribution in [3.63, 3.8) is 0 Å². The van der Waals surface area contributed by atoms with Crippen LogP contribution in [0.15, 0.2) is 390 Å². The largest absolute Gasteiger partial charge is 0.456 e. The van der Waals surface area contributed by atoms with Gasteiger partial charge >= 0.3 is 0 Å². The zero-order chi connectivity index (χ0) is 76.5. The first kappa shape index (κ1) is 64.5. The molecule has 0 unspecified atom stereocenters. The molecule has 0 aliphatic heterocycles. The minimum Gasteiger partial charge on any atom is -0.456 e. The predicted octanol–water partition coefficient (Wildman–Crippen LogP) is 26.9. The van der Waals surface area contributed by atoms with Gasteiger partial charge in [-0.05, 0) is 146 Å². The lowest BCUT2D eigenvalue weighted by Gasteiger charge is -2.09. The molecule has 0 radical (unpaired) electrons. The summed E-state index contributed by atoms with van der Waals surface area (Å²) in [7, 11) is 0. The lowest BCUT2D eigenvalue weighted by atomic mass is 10.1. The zero-order valence-electron chi connectivity index (χ0n) is 62.5. The van der Waals surface area contributed by atoms with E-state index < -0.39 is 0 Å². The number of hydrogen-bond donors (Lipinski definition) is 0. The molecule has 0 N–H and O–H groups in total. The molecule has 13 heterocycles. The van der Waals surface area contributed by atoms with Crippen molar-refractivity contribution in [2.24, 2.45) is 0 Å². The molecule has 0 fully saturated rings. The molecule has 546 valence electrons. The highest BCUT2D eigenvalue weighted by atomic mass is 16.4. The van der Waals surface area contributed by atoms with Crippen LogP contribution in [0.25, 0.3) is 232 Å². The van der Waals surface area contributed by atoms with Gasteiger partial charge in [0.25, 0.3) is 0 Å². The molecule has 0 atom stereocenters. The van der Waals surface area contributed by atoms with E-state index in [1.165, 1.54) is 81.4 Å². The molecule has 13 heteroatoms. The van der Waals surface area contributed by atoms with Gasteiger partial charge in [-0.2, -0.15) is 9.97 Å². The highest BCUT2D eigenvalue weighted by Gasteiger charge is 2.27. The molecule has 0 spiro atoms. The summed E-state index contributed by atoms with van der Waals surface area (Å²) >= 11 is 0. The molecule has 0 amide bonds. The molecule has 13 aromatic heterocycles. The molecule has 0 aliphatic carbocycles. The topological polar surface area (TPSA) is 121 Å². The van der Waals surface area contributed by atoms with Crippen LogP contribution in [0.4, 0.5) is 0 Å². The van der Waals surface area contributed by atoms with Crippen molar-refractivity contribution in [2.75, 3.05) is 0 Å². The minimum absolute atomic E-state index is 0.589. The van der Waals surface area contributed by atoms with Gasteiger partial charge in [0, 0.05) is 122 Å². The van der Waals surface area contributed by atoms with Gasteiger partial charge < -0.3 is 27.0 Å². The molecule has 117 heavy (non-hydrogen) atoms. The van der Waals surface area contributed by atoms with E-state index >= 15 is 0 Å². The number of hydrogen-bond acceptors (Lipinski definition) is 7. The Bertz CT molecular complexity index is 8450. The second-order valence-corrected chi connectivity index (χ2v) is 29.9. The lowest BCUT2D eigenvalue weighted by Crippen LogP contribution is -1.97. The van der Waals surface area contributed by atoms with E-state index in [2.05, 4.69) is 354 Å². The van der Waals surface area contributed by atoms with Crippen LogP contribution >= 0.6 is 0 Å². The Morgan fingerprint density at radius 2 is 0.573 bits per heavy atom. The third-order valence-corrected chi connectivity index (χ3v) is 23.7. The number of para-hydroxylation sites is 11. The predicted molar refractivity (Wildman–Crippen MR) is 478 cm³/mol. The van der Waals surface area contributed by atoms with Crippen molar-refractivity contribution in [3.8, 4) is 34.4 Å². The van der Waals surface area contributed by atoms with Crippen molar-refractivity contribution >= 4 is 197 Å². The quantitative estimate of drug-likeness (QED) is 0.163. The first-order valence-electron chi connectivity index (χ1n) is 39.3. The molecule has 27 aromatic rings. The Morgan fingerprint density at radius 1 is 0.197 bits per heavy atom. The second kappa shape index (κ2) is 25.2. The van der Waals surface area contributed by atoms with Gasteiger partial charge in [0.1, 0.15) is 34.0 Å². The fraction of sp³-hybridized carbons (Fsp3) is 0. The van der Waals surface area contributed by atoms with Crippen molar-refractivity contribution in [1.82, 2.24) is 47.3 Å². The van der Waals surface area contributed by atoms with Crippen molar-refractivity contribution < 1.29 is 13.3 Å². The summed E-state index contributed by atoms with van der Waals surface area (Å²) in [6.07, 6.45) is 3.78. The summed E-state index contributed by atoms with van der Waals surface area (Å²) in [5.41, 5.74) is 22.6. The highest BCUT2D eigenvalue weighted by molar-refractivity contribution is 6.29. The van der Waals surface area contributed by atoms with Crippen LogP contribution in [-0.4, -0.2) is 47.3 Å². The van der Waals surface area contributed by atoms with Gasteiger partial charge in [-0.1, -0.05) is 212 Å². The summed E-state index contributed by atoms with van der Waals surface area (Å²) in [5.74, 6) is 1.66. The molecular weight excluding hydrogens is 1440 g/mol. The number of aromatic nitrogens is 10. The summed E-state index contributed by atoms with van der Waals surface area (Å²) in [6, 6.07) is 128. The first-order valence-corrected chi connectivity index (χ1v) is 39.3. The number of nitrogens with zero attached hydrogens (tertiary/aromatic N) is 10. The van der Waals surface area contributed by atoms with Crippen LogP contribution in [-0.2, 0) is 0 Å². The van der Waals surface area contributed by atoms with E-state index in [1.54, 1.807) is 6.20 Å². The Kier molecular flexibility index (Phi) is 13.9. The Labute approximate surface area is 664 Å². The van der Waals surface area contributed by atoms with Gasteiger partial charge in [-0.25, -0.2) is 9.97 Å². The van der Waals surface area contributed by atoms with Gasteiger partial charge in [-0.15, -0.1) is 0 Å². The normalized spacial score (nSPS) is 12.1. The van der Waals surface area contributed by atoms with Crippen molar-refractivity contribution in [3.05, 3.63) is 376 Å². The Morgan fingerprint density at radius 3 is 1.16 bits per heavy atom. The molecular formula is C104H62N10O3.